The van der Waals surface area contributed by atoms with Crippen LogP contribution >= 0.6 is 0 Å². The lowest BCUT2D eigenvalue weighted by Gasteiger charge is -2.09. The van der Waals surface area contributed by atoms with Gasteiger partial charge in [-0.25, -0.2) is 0 Å². The van der Waals surface area contributed by atoms with E-state index in [0.717, 1.165) is 32.1 Å². The summed E-state index contributed by atoms with van der Waals surface area (Å²) in [6.45, 7) is 12.5. The van der Waals surface area contributed by atoms with Crippen LogP contribution in [0.4, 0.5) is 0 Å². The fraction of sp³-hybridized carbons (Fsp3) is 0.655. The van der Waals surface area contributed by atoms with E-state index in [1.807, 2.05) is 6.08 Å². The summed E-state index contributed by atoms with van der Waals surface area (Å²) in [5.74, 6) is 0. The predicted molar refractivity (Wildman–Crippen MR) is 141 cm³/mol. The van der Waals surface area contributed by atoms with Crippen molar-refractivity contribution in [3.8, 4) is 0 Å². The highest BCUT2D eigenvalue weighted by Gasteiger charge is 1.96. The average molecular weight is 430 g/mol. The van der Waals surface area contributed by atoms with E-state index in [1.54, 1.807) is 0 Å². The zero-order valence-corrected chi connectivity index (χ0v) is 21.8. The molecule has 1 N–H and O–H groups in total. The molecule has 0 aliphatic carbocycles. The van der Waals surface area contributed by atoms with Crippen molar-refractivity contribution in [1.29, 1.82) is 0 Å². The molecule has 0 aliphatic heterocycles. The number of nitrogens with zero attached hydrogens (tertiary/aromatic N) is 1. The monoisotopic (exact) mass is 429 g/mol. The Hall–Kier alpha value is -1.38. The normalized spacial score (nSPS) is 14.7. The van der Waals surface area contributed by atoms with E-state index in [9.17, 15) is 0 Å². The van der Waals surface area contributed by atoms with Crippen LogP contribution in [0.3, 0.4) is 0 Å². The van der Waals surface area contributed by atoms with Gasteiger partial charge < -0.3 is 10.0 Å². The zero-order valence-electron chi connectivity index (χ0n) is 21.8. The summed E-state index contributed by atoms with van der Waals surface area (Å²) in [4.78, 5) is 2.26. The molecule has 0 aliphatic rings. The lowest BCUT2D eigenvalue weighted by atomic mass is 10.0. The maximum Gasteiger partial charge on any atom is 0.0614 e. The molecule has 31 heavy (non-hydrogen) atoms. The first-order valence-electron chi connectivity index (χ1n) is 12.3. The molecule has 0 amide bonds. The smallest absolute Gasteiger partial charge is 0.0614 e. The van der Waals surface area contributed by atoms with E-state index in [4.69, 9.17) is 5.11 Å². The summed E-state index contributed by atoms with van der Waals surface area (Å²) in [6.07, 6.45) is 23.1. The fourth-order valence-corrected chi connectivity index (χ4v) is 3.53. The van der Waals surface area contributed by atoms with Crippen molar-refractivity contribution in [1.82, 2.24) is 4.90 Å². The Labute approximate surface area is 194 Å². The van der Waals surface area contributed by atoms with E-state index in [1.165, 1.54) is 66.5 Å². The minimum Gasteiger partial charge on any atom is -0.392 e. The number of aliphatic hydroxyl groups is 1. The van der Waals surface area contributed by atoms with Crippen LogP contribution in [0.25, 0.3) is 0 Å². The highest BCUT2D eigenvalue weighted by Crippen LogP contribution is 2.15. The summed E-state index contributed by atoms with van der Waals surface area (Å²) in [7, 11) is 4.29. The maximum absolute atomic E-state index is 8.90. The van der Waals surface area contributed by atoms with Crippen molar-refractivity contribution >= 4 is 0 Å². The van der Waals surface area contributed by atoms with Crippen molar-refractivity contribution in [3.63, 3.8) is 0 Å². The molecule has 0 saturated carbocycles. The Kier molecular flexibility index (Phi) is 18.5. The van der Waals surface area contributed by atoms with Gasteiger partial charge in [-0.2, -0.15) is 0 Å². The van der Waals surface area contributed by atoms with Crippen LogP contribution in [-0.2, 0) is 0 Å². The van der Waals surface area contributed by atoms with Gasteiger partial charge in [0.1, 0.15) is 0 Å². The number of rotatable bonds is 17. The molecule has 0 bridgehead atoms. The molecule has 0 aromatic carbocycles. The molecule has 0 rings (SSSR count). The number of allylic oxidation sites excluding steroid dienone is 9. The van der Waals surface area contributed by atoms with Gasteiger partial charge in [0.05, 0.1) is 6.61 Å². The summed E-state index contributed by atoms with van der Waals surface area (Å²) >= 11 is 0. The molecule has 0 radical (unpaired) electrons. The van der Waals surface area contributed by atoms with Crippen LogP contribution in [0.2, 0.25) is 0 Å². The van der Waals surface area contributed by atoms with Crippen LogP contribution in [0.5, 0.6) is 0 Å². The van der Waals surface area contributed by atoms with Crippen LogP contribution in [-0.4, -0.2) is 37.3 Å². The molecule has 2 nitrogen and oxygen atoms in total. The Morgan fingerprint density at radius 3 is 1.19 bits per heavy atom. The molecule has 2 heteroatoms. The highest BCUT2D eigenvalue weighted by atomic mass is 16.2. The lowest BCUT2D eigenvalue weighted by Crippen LogP contribution is -2.12. The quantitative estimate of drug-likeness (QED) is 0.236. The molecule has 0 heterocycles. The SMILES string of the molecule is C/C(=C\CO)CC/C=C(\C)CC/C=C(\C)CC/C=C(\C)CC/C=C(\C)CCCN(C)C. The van der Waals surface area contributed by atoms with E-state index in [2.05, 4.69) is 77.9 Å². The van der Waals surface area contributed by atoms with Gasteiger partial charge in [0.15, 0.2) is 0 Å². The van der Waals surface area contributed by atoms with E-state index < -0.39 is 0 Å². The maximum atomic E-state index is 8.90. The van der Waals surface area contributed by atoms with Gasteiger partial charge in [-0.1, -0.05) is 58.2 Å². The minimum absolute atomic E-state index is 0.154. The third-order valence-electron chi connectivity index (χ3n) is 5.74. The topological polar surface area (TPSA) is 23.5 Å². The molecule has 178 valence electrons. The second kappa shape index (κ2) is 19.3. The Morgan fingerprint density at radius 1 is 0.548 bits per heavy atom. The van der Waals surface area contributed by atoms with E-state index in [0.29, 0.717) is 0 Å². The Bertz CT molecular complexity index is 617. The molecule has 0 spiro atoms. The average Bonchev–Trinajstić information content (AvgIpc) is 2.68. The van der Waals surface area contributed by atoms with Crippen molar-refractivity contribution in [2.45, 2.75) is 98.8 Å². The zero-order chi connectivity index (χ0) is 23.5. The molecule has 0 unspecified atom stereocenters. The van der Waals surface area contributed by atoms with Gasteiger partial charge in [0.2, 0.25) is 0 Å². The van der Waals surface area contributed by atoms with Gasteiger partial charge in [-0.3, -0.25) is 0 Å². The molecule has 0 atom stereocenters. The van der Waals surface area contributed by atoms with E-state index >= 15 is 0 Å². The standard InChI is InChI=1S/C29H51NO/c1-25(14-9-16-27(3)18-11-20-29(5)22-24-31)13-8-15-26(2)17-10-19-28(4)21-12-23-30(6)7/h14-15,18-19,22,31H,8-13,16-17,20-21,23-24H2,1-7H3/b25-14+,26-15+,27-18+,28-19+,29-22+. The van der Waals surface area contributed by atoms with Gasteiger partial charge in [-0.05, 0) is 119 Å². The first-order valence-corrected chi connectivity index (χ1v) is 12.3. The first kappa shape index (κ1) is 29.6. The van der Waals surface area contributed by atoms with Gasteiger partial charge in [-0.15, -0.1) is 0 Å². The summed E-state index contributed by atoms with van der Waals surface area (Å²) in [5.41, 5.74) is 7.32. The van der Waals surface area contributed by atoms with Crippen molar-refractivity contribution < 1.29 is 5.11 Å². The van der Waals surface area contributed by atoms with Gasteiger partial charge in [0, 0.05) is 0 Å². The second-order valence-electron chi connectivity index (χ2n) is 9.50. The molecular formula is C29H51NO. The second-order valence-corrected chi connectivity index (χ2v) is 9.50. The van der Waals surface area contributed by atoms with Crippen LogP contribution in [0, 0.1) is 0 Å². The Morgan fingerprint density at radius 2 is 0.871 bits per heavy atom. The summed E-state index contributed by atoms with van der Waals surface area (Å²) < 4.78 is 0. The van der Waals surface area contributed by atoms with Crippen LogP contribution in [0.1, 0.15) is 98.8 Å². The lowest BCUT2D eigenvalue weighted by molar-refractivity contribution is 0.341. The summed E-state index contributed by atoms with van der Waals surface area (Å²) in [5, 5.41) is 8.90. The molecule has 0 saturated heterocycles. The van der Waals surface area contributed by atoms with Gasteiger partial charge in [0.25, 0.3) is 0 Å². The molecule has 0 aromatic rings. The predicted octanol–water partition coefficient (Wildman–Crippen LogP) is 8.17. The van der Waals surface area contributed by atoms with Crippen LogP contribution in [0.15, 0.2) is 58.2 Å². The van der Waals surface area contributed by atoms with Crippen molar-refractivity contribution in [2.75, 3.05) is 27.2 Å². The van der Waals surface area contributed by atoms with Crippen molar-refractivity contribution in [2.24, 2.45) is 0 Å². The number of hydrogen-bond donors (Lipinski definition) is 1. The number of hydrogen-bond acceptors (Lipinski definition) is 2. The fourth-order valence-electron chi connectivity index (χ4n) is 3.53. The largest absolute Gasteiger partial charge is 0.392 e. The first-order chi connectivity index (χ1) is 14.7. The Balaban J connectivity index is 4.05. The molecule has 0 aromatic heterocycles. The minimum atomic E-state index is 0.154. The highest BCUT2D eigenvalue weighted by molar-refractivity contribution is 5.08. The van der Waals surface area contributed by atoms with Crippen LogP contribution < -0.4 is 0 Å². The third-order valence-corrected chi connectivity index (χ3v) is 5.74. The summed E-state index contributed by atoms with van der Waals surface area (Å²) in [6, 6.07) is 0. The molecule has 0 fully saturated rings. The van der Waals surface area contributed by atoms with E-state index in [-0.39, 0.29) is 6.61 Å². The molecular weight excluding hydrogens is 378 g/mol. The van der Waals surface area contributed by atoms with Gasteiger partial charge >= 0.3 is 0 Å². The van der Waals surface area contributed by atoms with Crippen molar-refractivity contribution in [3.05, 3.63) is 58.2 Å². The third kappa shape index (κ3) is 20.3. The number of aliphatic hydroxyl groups excluding tert-OH is 1.